The fourth-order valence-corrected chi connectivity index (χ4v) is 4.68. The average molecular weight is 264 g/mol. The van der Waals surface area contributed by atoms with Crippen molar-refractivity contribution in [3.8, 4) is 0 Å². The van der Waals surface area contributed by atoms with Gasteiger partial charge >= 0.3 is 0 Å². The van der Waals surface area contributed by atoms with Gasteiger partial charge in [0.2, 0.25) is 0 Å². The zero-order valence-corrected chi connectivity index (χ0v) is 12.6. The highest BCUT2D eigenvalue weighted by Gasteiger charge is 2.56. The van der Waals surface area contributed by atoms with E-state index in [-0.39, 0.29) is 5.54 Å². The van der Waals surface area contributed by atoms with Crippen molar-refractivity contribution in [1.82, 2.24) is 10.3 Å². The number of hydrogen-bond acceptors (Lipinski definition) is 3. The van der Waals surface area contributed by atoms with Crippen LogP contribution in [0.25, 0.3) is 0 Å². The monoisotopic (exact) mass is 264 g/mol. The summed E-state index contributed by atoms with van der Waals surface area (Å²) in [5.74, 6) is 1.69. The first-order valence-electron chi connectivity index (χ1n) is 7.44. The highest BCUT2D eigenvalue weighted by molar-refractivity contribution is 7.11. The first-order chi connectivity index (χ1) is 8.72. The molecule has 0 unspecified atom stereocenters. The van der Waals surface area contributed by atoms with Crippen molar-refractivity contribution in [1.29, 1.82) is 0 Å². The van der Waals surface area contributed by atoms with Crippen LogP contribution in [0.15, 0.2) is 0 Å². The Kier molecular flexibility index (Phi) is 3.23. The highest BCUT2D eigenvalue weighted by atomic mass is 32.1. The summed E-state index contributed by atoms with van der Waals surface area (Å²) in [4.78, 5) is 6.42. The summed E-state index contributed by atoms with van der Waals surface area (Å²) in [5.41, 5.74) is 1.55. The standard InChI is InChI=1S/C15H24N2S/c1-4-13-10(3)18-14(17-13)15(16-5-2,11-6-7-11)12-8-9-12/h11-12,16H,4-9H2,1-3H3. The van der Waals surface area contributed by atoms with Crippen LogP contribution < -0.4 is 5.32 Å². The van der Waals surface area contributed by atoms with Crippen LogP contribution in [-0.4, -0.2) is 11.5 Å². The van der Waals surface area contributed by atoms with Crippen LogP contribution >= 0.6 is 11.3 Å². The van der Waals surface area contributed by atoms with E-state index in [1.54, 1.807) is 0 Å². The topological polar surface area (TPSA) is 24.9 Å². The molecule has 100 valence electrons. The van der Waals surface area contributed by atoms with Gasteiger partial charge in [-0.3, -0.25) is 0 Å². The molecule has 0 radical (unpaired) electrons. The van der Waals surface area contributed by atoms with Crippen LogP contribution in [0.4, 0.5) is 0 Å². The first kappa shape index (κ1) is 12.6. The summed E-state index contributed by atoms with van der Waals surface area (Å²) in [6, 6.07) is 0. The number of aryl methyl sites for hydroxylation is 2. The Balaban J connectivity index is 2.00. The Labute approximate surface area is 114 Å². The van der Waals surface area contributed by atoms with E-state index < -0.39 is 0 Å². The second-order valence-electron chi connectivity index (χ2n) is 5.82. The van der Waals surface area contributed by atoms with E-state index in [0.717, 1.165) is 24.8 Å². The predicted octanol–water partition coefficient (Wildman–Crippen LogP) is 3.64. The van der Waals surface area contributed by atoms with Gasteiger partial charge in [0.05, 0.1) is 11.2 Å². The third-order valence-corrected chi connectivity index (χ3v) is 5.66. The Morgan fingerprint density at radius 3 is 2.22 bits per heavy atom. The Morgan fingerprint density at radius 2 is 1.83 bits per heavy atom. The van der Waals surface area contributed by atoms with Gasteiger partial charge in [-0.15, -0.1) is 11.3 Å². The van der Waals surface area contributed by atoms with Crippen LogP contribution in [-0.2, 0) is 12.0 Å². The van der Waals surface area contributed by atoms with E-state index in [9.17, 15) is 0 Å². The third-order valence-electron chi connectivity index (χ3n) is 4.49. The van der Waals surface area contributed by atoms with E-state index in [2.05, 4.69) is 26.1 Å². The van der Waals surface area contributed by atoms with Crippen molar-refractivity contribution in [2.45, 2.75) is 58.4 Å². The molecule has 2 aliphatic carbocycles. The quantitative estimate of drug-likeness (QED) is 0.848. The fourth-order valence-electron chi connectivity index (χ4n) is 3.35. The maximum atomic E-state index is 5.00. The number of aromatic nitrogens is 1. The summed E-state index contributed by atoms with van der Waals surface area (Å²) in [5, 5.41) is 5.24. The van der Waals surface area contributed by atoms with Gasteiger partial charge in [0, 0.05) is 4.88 Å². The zero-order chi connectivity index (χ0) is 12.8. The molecule has 0 bridgehead atoms. The van der Waals surface area contributed by atoms with E-state index in [0.29, 0.717) is 0 Å². The SMILES string of the molecule is CCNC(c1nc(CC)c(C)s1)(C1CC1)C1CC1. The molecular weight excluding hydrogens is 240 g/mol. The lowest BCUT2D eigenvalue weighted by atomic mass is 9.88. The van der Waals surface area contributed by atoms with Crippen LogP contribution in [0.3, 0.4) is 0 Å². The Bertz CT molecular complexity index is 418. The van der Waals surface area contributed by atoms with Crippen LogP contribution in [0.5, 0.6) is 0 Å². The smallest absolute Gasteiger partial charge is 0.114 e. The van der Waals surface area contributed by atoms with Crippen molar-refractivity contribution >= 4 is 11.3 Å². The fraction of sp³-hybridized carbons (Fsp3) is 0.800. The lowest BCUT2D eigenvalue weighted by Gasteiger charge is -2.33. The molecule has 0 spiro atoms. The molecule has 2 nitrogen and oxygen atoms in total. The van der Waals surface area contributed by atoms with Crippen molar-refractivity contribution < 1.29 is 0 Å². The minimum absolute atomic E-state index is 0.234. The minimum atomic E-state index is 0.234. The summed E-state index contributed by atoms with van der Waals surface area (Å²) < 4.78 is 0. The van der Waals surface area contributed by atoms with Gasteiger partial charge in [-0.25, -0.2) is 4.98 Å². The van der Waals surface area contributed by atoms with Gasteiger partial charge in [0.25, 0.3) is 0 Å². The summed E-state index contributed by atoms with van der Waals surface area (Å²) >= 11 is 1.95. The predicted molar refractivity (Wildman–Crippen MR) is 77.0 cm³/mol. The van der Waals surface area contributed by atoms with Gasteiger partial charge in [-0.1, -0.05) is 13.8 Å². The lowest BCUT2D eigenvalue weighted by molar-refractivity contribution is 0.249. The van der Waals surface area contributed by atoms with Crippen molar-refractivity contribution in [3.05, 3.63) is 15.6 Å². The number of hydrogen-bond donors (Lipinski definition) is 1. The maximum absolute atomic E-state index is 5.00. The molecular formula is C15H24N2S. The normalized spacial score (nSPS) is 20.4. The number of nitrogens with one attached hydrogen (secondary N) is 1. The zero-order valence-electron chi connectivity index (χ0n) is 11.8. The second-order valence-corrected chi connectivity index (χ2v) is 7.03. The molecule has 18 heavy (non-hydrogen) atoms. The van der Waals surface area contributed by atoms with Crippen LogP contribution in [0, 0.1) is 18.8 Å². The average Bonchev–Trinajstić information content (AvgIpc) is 3.24. The van der Waals surface area contributed by atoms with E-state index >= 15 is 0 Å². The van der Waals surface area contributed by atoms with E-state index in [4.69, 9.17) is 4.98 Å². The molecule has 0 aromatic carbocycles. The van der Waals surface area contributed by atoms with Crippen molar-refractivity contribution in [3.63, 3.8) is 0 Å². The lowest BCUT2D eigenvalue weighted by Crippen LogP contribution is -2.46. The number of rotatable bonds is 6. The molecule has 0 atom stereocenters. The van der Waals surface area contributed by atoms with Gasteiger partial charge in [-0.05, 0) is 57.4 Å². The van der Waals surface area contributed by atoms with E-state index in [1.165, 1.54) is 41.3 Å². The summed E-state index contributed by atoms with van der Waals surface area (Å²) in [6.07, 6.45) is 6.64. The Hall–Kier alpha value is -0.410. The van der Waals surface area contributed by atoms with Gasteiger partial charge < -0.3 is 5.32 Å². The van der Waals surface area contributed by atoms with Crippen molar-refractivity contribution in [2.24, 2.45) is 11.8 Å². The highest BCUT2D eigenvalue weighted by Crippen LogP contribution is 2.58. The molecule has 0 aliphatic heterocycles. The third kappa shape index (κ3) is 1.92. The molecule has 0 saturated heterocycles. The van der Waals surface area contributed by atoms with Gasteiger partial charge in [-0.2, -0.15) is 0 Å². The van der Waals surface area contributed by atoms with Crippen LogP contribution in [0.2, 0.25) is 0 Å². The molecule has 1 aromatic heterocycles. The molecule has 2 aliphatic rings. The van der Waals surface area contributed by atoms with Crippen LogP contribution in [0.1, 0.15) is 55.1 Å². The molecule has 1 N–H and O–H groups in total. The molecule has 3 heteroatoms. The first-order valence-corrected chi connectivity index (χ1v) is 8.25. The molecule has 1 heterocycles. The molecule has 3 rings (SSSR count). The molecule has 2 saturated carbocycles. The van der Waals surface area contributed by atoms with Gasteiger partial charge in [0.1, 0.15) is 5.01 Å². The maximum Gasteiger partial charge on any atom is 0.114 e. The number of thiazole rings is 1. The molecule has 0 amide bonds. The Morgan fingerprint density at radius 1 is 1.22 bits per heavy atom. The largest absolute Gasteiger partial charge is 0.305 e. The van der Waals surface area contributed by atoms with Gasteiger partial charge in [0.15, 0.2) is 0 Å². The molecule has 2 fully saturated rings. The molecule has 1 aromatic rings. The van der Waals surface area contributed by atoms with E-state index in [1.807, 2.05) is 11.3 Å². The number of nitrogens with zero attached hydrogens (tertiary/aromatic N) is 1. The minimum Gasteiger partial charge on any atom is -0.305 e. The second kappa shape index (κ2) is 4.61. The van der Waals surface area contributed by atoms with Crippen molar-refractivity contribution in [2.75, 3.05) is 6.54 Å². The summed E-state index contributed by atoms with van der Waals surface area (Å²) in [6.45, 7) is 7.75. The summed E-state index contributed by atoms with van der Waals surface area (Å²) in [7, 11) is 0.